The van der Waals surface area contributed by atoms with E-state index in [-0.39, 0.29) is 17.7 Å². The van der Waals surface area contributed by atoms with Gasteiger partial charge in [-0.05, 0) is 25.3 Å². The lowest BCUT2D eigenvalue weighted by molar-refractivity contribution is -0.137. The topological polar surface area (TPSA) is 79.1 Å². The van der Waals surface area contributed by atoms with E-state index in [9.17, 15) is 9.59 Å². The fourth-order valence-corrected chi connectivity index (χ4v) is 3.89. The molecule has 1 atom stereocenters. The molecule has 3 aliphatic heterocycles. The third kappa shape index (κ3) is 4.26. The molecule has 0 aromatic rings. The second kappa shape index (κ2) is 8.27. The standard InChI is InChI=1S/C17H30N4O3/c18-12-14-1-3-20(4-2-14)17(23)15-11-16(22)21(13-15)6-5-19-7-9-24-10-8-19/h14-15H,1-13,18H2. The van der Waals surface area contributed by atoms with Gasteiger partial charge in [-0.15, -0.1) is 0 Å². The highest BCUT2D eigenvalue weighted by Gasteiger charge is 2.37. The van der Waals surface area contributed by atoms with Crippen LogP contribution in [0.15, 0.2) is 0 Å². The Bertz CT molecular complexity index is 445. The van der Waals surface area contributed by atoms with E-state index in [0.29, 0.717) is 25.4 Å². The Labute approximate surface area is 144 Å². The van der Waals surface area contributed by atoms with E-state index in [1.165, 1.54) is 0 Å². The van der Waals surface area contributed by atoms with E-state index in [0.717, 1.165) is 65.3 Å². The van der Waals surface area contributed by atoms with Crippen molar-refractivity contribution in [3.05, 3.63) is 0 Å². The predicted molar refractivity (Wildman–Crippen MR) is 90.3 cm³/mol. The van der Waals surface area contributed by atoms with E-state index in [1.54, 1.807) is 0 Å². The number of nitrogens with two attached hydrogens (primary N) is 1. The Hall–Kier alpha value is -1.18. The van der Waals surface area contributed by atoms with Gasteiger partial charge in [0.05, 0.1) is 19.1 Å². The molecular weight excluding hydrogens is 308 g/mol. The number of carbonyl (C=O) groups is 2. The number of morpholine rings is 1. The molecule has 3 heterocycles. The van der Waals surface area contributed by atoms with Crippen LogP contribution in [0.25, 0.3) is 0 Å². The van der Waals surface area contributed by atoms with Gasteiger partial charge in [0, 0.05) is 52.2 Å². The minimum atomic E-state index is -0.156. The minimum Gasteiger partial charge on any atom is -0.379 e. The molecule has 2 amide bonds. The summed E-state index contributed by atoms with van der Waals surface area (Å²) >= 11 is 0. The summed E-state index contributed by atoms with van der Waals surface area (Å²) < 4.78 is 5.34. The maximum absolute atomic E-state index is 12.7. The molecule has 136 valence electrons. The Balaban J connectivity index is 1.44. The molecule has 3 aliphatic rings. The number of piperidine rings is 1. The molecular formula is C17H30N4O3. The molecule has 0 saturated carbocycles. The maximum atomic E-state index is 12.7. The number of hydrogen-bond acceptors (Lipinski definition) is 5. The third-order valence-electron chi connectivity index (χ3n) is 5.61. The first kappa shape index (κ1) is 17.6. The van der Waals surface area contributed by atoms with E-state index < -0.39 is 0 Å². The fourth-order valence-electron chi connectivity index (χ4n) is 3.89. The monoisotopic (exact) mass is 338 g/mol. The highest BCUT2D eigenvalue weighted by atomic mass is 16.5. The van der Waals surface area contributed by atoms with Gasteiger partial charge < -0.3 is 20.3 Å². The van der Waals surface area contributed by atoms with Crippen molar-refractivity contribution in [2.45, 2.75) is 19.3 Å². The second-order valence-corrected chi connectivity index (χ2v) is 7.20. The van der Waals surface area contributed by atoms with Crippen molar-refractivity contribution in [3.8, 4) is 0 Å². The van der Waals surface area contributed by atoms with Gasteiger partial charge >= 0.3 is 0 Å². The maximum Gasteiger partial charge on any atom is 0.227 e. The number of nitrogens with zero attached hydrogens (tertiary/aromatic N) is 3. The molecule has 0 aliphatic carbocycles. The Morgan fingerprint density at radius 1 is 1.12 bits per heavy atom. The molecule has 7 heteroatoms. The first-order valence-electron chi connectivity index (χ1n) is 9.24. The largest absolute Gasteiger partial charge is 0.379 e. The zero-order chi connectivity index (χ0) is 16.9. The van der Waals surface area contributed by atoms with Crippen LogP contribution >= 0.6 is 0 Å². The van der Waals surface area contributed by atoms with Crippen LogP contribution < -0.4 is 5.73 Å². The number of hydrogen-bond donors (Lipinski definition) is 1. The number of rotatable bonds is 5. The Morgan fingerprint density at radius 2 is 1.83 bits per heavy atom. The number of ether oxygens (including phenoxy) is 1. The lowest BCUT2D eigenvalue weighted by Gasteiger charge is -2.33. The Morgan fingerprint density at radius 3 is 2.50 bits per heavy atom. The number of likely N-dealkylation sites (tertiary alicyclic amines) is 2. The Kier molecular flexibility index (Phi) is 6.08. The molecule has 7 nitrogen and oxygen atoms in total. The van der Waals surface area contributed by atoms with Crippen LogP contribution in [0.2, 0.25) is 0 Å². The summed E-state index contributed by atoms with van der Waals surface area (Å²) in [4.78, 5) is 31.0. The quantitative estimate of drug-likeness (QED) is 0.722. The average molecular weight is 338 g/mol. The molecule has 3 rings (SSSR count). The summed E-state index contributed by atoms with van der Waals surface area (Å²) in [7, 11) is 0. The highest BCUT2D eigenvalue weighted by molar-refractivity contribution is 5.89. The zero-order valence-corrected chi connectivity index (χ0v) is 14.5. The summed E-state index contributed by atoms with van der Waals surface area (Å²) in [6.07, 6.45) is 2.35. The summed E-state index contributed by atoms with van der Waals surface area (Å²) in [5.74, 6) is 0.673. The highest BCUT2D eigenvalue weighted by Crippen LogP contribution is 2.23. The molecule has 0 aromatic heterocycles. The van der Waals surface area contributed by atoms with Crippen molar-refractivity contribution in [3.63, 3.8) is 0 Å². The first-order valence-corrected chi connectivity index (χ1v) is 9.24. The van der Waals surface area contributed by atoms with E-state index >= 15 is 0 Å². The summed E-state index contributed by atoms with van der Waals surface area (Å²) in [6.45, 7) is 7.87. The van der Waals surface area contributed by atoms with E-state index in [2.05, 4.69) is 4.90 Å². The van der Waals surface area contributed by atoms with Crippen molar-refractivity contribution >= 4 is 11.8 Å². The van der Waals surface area contributed by atoms with Gasteiger partial charge in [0.15, 0.2) is 0 Å². The SMILES string of the molecule is NCC1CCN(C(=O)C2CC(=O)N(CCN3CCOCC3)C2)CC1. The first-order chi connectivity index (χ1) is 11.7. The van der Waals surface area contributed by atoms with Crippen LogP contribution in [0.4, 0.5) is 0 Å². The normalized spacial score (nSPS) is 27.0. The van der Waals surface area contributed by atoms with Crippen LogP contribution in [0.3, 0.4) is 0 Å². The van der Waals surface area contributed by atoms with Crippen molar-refractivity contribution in [1.29, 1.82) is 0 Å². The van der Waals surface area contributed by atoms with Crippen molar-refractivity contribution in [2.75, 3.05) is 65.6 Å². The van der Waals surface area contributed by atoms with Crippen LogP contribution in [-0.2, 0) is 14.3 Å². The van der Waals surface area contributed by atoms with Crippen LogP contribution in [0, 0.1) is 11.8 Å². The molecule has 24 heavy (non-hydrogen) atoms. The molecule has 3 saturated heterocycles. The van der Waals surface area contributed by atoms with Gasteiger partial charge in [0.2, 0.25) is 11.8 Å². The molecule has 0 aromatic carbocycles. The van der Waals surface area contributed by atoms with Crippen LogP contribution in [-0.4, -0.2) is 92.1 Å². The van der Waals surface area contributed by atoms with E-state index in [1.807, 2.05) is 9.80 Å². The minimum absolute atomic E-state index is 0.124. The van der Waals surface area contributed by atoms with Crippen molar-refractivity contribution in [2.24, 2.45) is 17.6 Å². The average Bonchev–Trinajstić information content (AvgIpc) is 3.01. The van der Waals surface area contributed by atoms with Crippen LogP contribution in [0.1, 0.15) is 19.3 Å². The fraction of sp³-hybridized carbons (Fsp3) is 0.882. The van der Waals surface area contributed by atoms with Gasteiger partial charge in [-0.1, -0.05) is 0 Å². The van der Waals surface area contributed by atoms with E-state index in [4.69, 9.17) is 10.5 Å². The smallest absolute Gasteiger partial charge is 0.227 e. The molecule has 0 bridgehead atoms. The summed E-state index contributed by atoms with van der Waals surface area (Å²) in [5.41, 5.74) is 5.71. The molecule has 2 N–H and O–H groups in total. The zero-order valence-electron chi connectivity index (χ0n) is 14.5. The third-order valence-corrected chi connectivity index (χ3v) is 5.61. The van der Waals surface area contributed by atoms with Gasteiger partial charge in [-0.2, -0.15) is 0 Å². The van der Waals surface area contributed by atoms with Gasteiger partial charge in [0.25, 0.3) is 0 Å². The van der Waals surface area contributed by atoms with Crippen molar-refractivity contribution in [1.82, 2.24) is 14.7 Å². The van der Waals surface area contributed by atoms with Gasteiger partial charge in [-0.3, -0.25) is 14.5 Å². The summed E-state index contributed by atoms with van der Waals surface area (Å²) in [6, 6.07) is 0. The van der Waals surface area contributed by atoms with Crippen LogP contribution in [0.5, 0.6) is 0 Å². The lowest BCUT2D eigenvalue weighted by Crippen LogP contribution is -2.44. The molecule has 0 spiro atoms. The molecule has 0 radical (unpaired) electrons. The van der Waals surface area contributed by atoms with Gasteiger partial charge in [-0.25, -0.2) is 0 Å². The number of amides is 2. The van der Waals surface area contributed by atoms with Gasteiger partial charge in [0.1, 0.15) is 0 Å². The number of carbonyl (C=O) groups excluding carboxylic acids is 2. The lowest BCUT2D eigenvalue weighted by atomic mass is 9.95. The van der Waals surface area contributed by atoms with Crippen molar-refractivity contribution < 1.29 is 14.3 Å². The molecule has 3 fully saturated rings. The predicted octanol–water partition coefficient (Wildman–Crippen LogP) is -0.636. The molecule has 1 unspecified atom stereocenters. The summed E-state index contributed by atoms with van der Waals surface area (Å²) in [5, 5.41) is 0. The second-order valence-electron chi connectivity index (χ2n) is 7.20.